The molecule has 5 heteroatoms. The van der Waals surface area contributed by atoms with Gasteiger partial charge in [-0.1, -0.05) is 6.92 Å². The quantitative estimate of drug-likeness (QED) is 0.798. The van der Waals surface area contributed by atoms with Gasteiger partial charge in [-0.2, -0.15) is 0 Å². The van der Waals surface area contributed by atoms with E-state index < -0.39 is 0 Å². The van der Waals surface area contributed by atoms with Crippen LogP contribution in [0, 0.1) is 5.41 Å². The standard InChI is InChI=1S/C18H23N3O2/c1-12(22)20-11-14-9-18(2)15(20)6-3-7-16(18)21(14)17(23)13-5-4-8-19-10-13/h4-5,8,10,14-16H,3,6-7,9,11H2,1-2H3/t14-,15+,16-,18+/m0/s1. The molecule has 1 aromatic rings. The Hall–Kier alpha value is -1.91. The predicted octanol–water partition coefficient (Wildman–Crippen LogP) is 2.09. The summed E-state index contributed by atoms with van der Waals surface area (Å²) in [7, 11) is 0. The minimum absolute atomic E-state index is 0.0324. The Bertz CT molecular complexity index is 647. The van der Waals surface area contributed by atoms with Gasteiger partial charge in [-0.3, -0.25) is 14.6 Å². The number of fused-ring (bicyclic) bond motifs is 1. The van der Waals surface area contributed by atoms with Gasteiger partial charge in [0.25, 0.3) is 5.91 Å². The number of likely N-dealkylation sites (tertiary alicyclic amines) is 2. The molecule has 0 unspecified atom stereocenters. The third-order valence-electron chi connectivity index (χ3n) is 6.21. The lowest BCUT2D eigenvalue weighted by molar-refractivity contribution is -0.137. The fourth-order valence-electron chi connectivity index (χ4n) is 5.29. The molecule has 2 aliphatic heterocycles. The summed E-state index contributed by atoms with van der Waals surface area (Å²) in [6, 6.07) is 4.30. The van der Waals surface area contributed by atoms with Crippen molar-refractivity contribution in [3.05, 3.63) is 30.1 Å². The van der Waals surface area contributed by atoms with Gasteiger partial charge in [0.15, 0.2) is 0 Å². The van der Waals surface area contributed by atoms with Gasteiger partial charge < -0.3 is 9.80 Å². The third-order valence-corrected chi connectivity index (χ3v) is 6.21. The van der Waals surface area contributed by atoms with Crippen molar-refractivity contribution in [1.82, 2.24) is 14.8 Å². The first-order valence-electron chi connectivity index (χ1n) is 8.52. The van der Waals surface area contributed by atoms with Gasteiger partial charge in [-0.05, 0) is 37.8 Å². The van der Waals surface area contributed by atoms with E-state index >= 15 is 0 Å². The molecule has 0 N–H and O–H groups in total. The van der Waals surface area contributed by atoms with Gasteiger partial charge in [0.1, 0.15) is 0 Å². The lowest BCUT2D eigenvalue weighted by atomic mass is 9.66. The van der Waals surface area contributed by atoms with Gasteiger partial charge >= 0.3 is 0 Å². The minimum atomic E-state index is 0.0324. The van der Waals surface area contributed by atoms with Crippen LogP contribution in [0.15, 0.2) is 24.5 Å². The van der Waals surface area contributed by atoms with Crippen LogP contribution < -0.4 is 0 Å². The number of pyridine rings is 1. The average molecular weight is 313 g/mol. The average Bonchev–Trinajstić information content (AvgIpc) is 2.84. The Kier molecular flexibility index (Phi) is 3.22. The molecule has 2 saturated heterocycles. The highest BCUT2D eigenvalue weighted by Crippen LogP contribution is 2.54. The summed E-state index contributed by atoms with van der Waals surface area (Å²) in [5, 5.41) is 0. The molecule has 5 nitrogen and oxygen atoms in total. The molecule has 0 aromatic carbocycles. The normalized spacial score (nSPS) is 35.3. The molecule has 3 aliphatic rings. The maximum atomic E-state index is 13.1. The van der Waals surface area contributed by atoms with Gasteiger partial charge in [-0.25, -0.2) is 0 Å². The van der Waals surface area contributed by atoms with E-state index in [1.54, 1.807) is 19.3 Å². The van der Waals surface area contributed by atoms with E-state index in [0.717, 1.165) is 25.7 Å². The van der Waals surface area contributed by atoms with E-state index in [9.17, 15) is 9.59 Å². The first kappa shape index (κ1) is 14.7. The number of carbonyl (C=O) groups is 2. The van der Waals surface area contributed by atoms with Gasteiger partial charge in [0, 0.05) is 43.4 Å². The van der Waals surface area contributed by atoms with Crippen molar-refractivity contribution in [3.63, 3.8) is 0 Å². The highest BCUT2D eigenvalue weighted by molar-refractivity contribution is 5.94. The summed E-state index contributed by atoms with van der Waals surface area (Å²) in [4.78, 5) is 33.4. The topological polar surface area (TPSA) is 53.5 Å². The smallest absolute Gasteiger partial charge is 0.256 e. The predicted molar refractivity (Wildman–Crippen MR) is 85.7 cm³/mol. The molecule has 1 aliphatic carbocycles. The summed E-state index contributed by atoms with van der Waals surface area (Å²) in [5.74, 6) is 0.213. The zero-order valence-corrected chi connectivity index (χ0v) is 13.7. The van der Waals surface area contributed by atoms with Crippen LogP contribution in [-0.4, -0.2) is 51.3 Å². The number of aromatic nitrogens is 1. The van der Waals surface area contributed by atoms with E-state index in [4.69, 9.17) is 0 Å². The molecule has 2 amide bonds. The Morgan fingerprint density at radius 2 is 2.09 bits per heavy atom. The molecule has 1 saturated carbocycles. The molecule has 1 aromatic heterocycles. The zero-order valence-electron chi connectivity index (χ0n) is 13.7. The summed E-state index contributed by atoms with van der Waals surface area (Å²) < 4.78 is 0. The Morgan fingerprint density at radius 3 is 2.78 bits per heavy atom. The minimum Gasteiger partial charge on any atom is -0.337 e. The molecule has 4 rings (SSSR count). The Labute approximate surface area is 136 Å². The van der Waals surface area contributed by atoms with Crippen LogP contribution in [-0.2, 0) is 4.79 Å². The first-order valence-corrected chi connectivity index (χ1v) is 8.52. The third kappa shape index (κ3) is 2.02. The molecule has 2 bridgehead atoms. The van der Waals surface area contributed by atoms with Crippen LogP contribution in [0.5, 0.6) is 0 Å². The van der Waals surface area contributed by atoms with E-state index in [2.05, 4.69) is 16.8 Å². The SMILES string of the molecule is CC(=O)N1C[C@@H]2C[C@@]3(C)[C@H](CCC[C@@H]13)N2C(=O)c1cccnc1. The monoisotopic (exact) mass is 313 g/mol. The largest absolute Gasteiger partial charge is 0.337 e. The summed E-state index contributed by atoms with van der Waals surface area (Å²) in [5.41, 5.74) is 0.685. The lowest BCUT2D eigenvalue weighted by Crippen LogP contribution is -2.57. The molecule has 3 fully saturated rings. The summed E-state index contributed by atoms with van der Waals surface area (Å²) in [6.07, 6.45) is 7.54. The fraction of sp³-hybridized carbons (Fsp3) is 0.611. The van der Waals surface area contributed by atoms with Crippen molar-refractivity contribution in [2.75, 3.05) is 6.54 Å². The zero-order chi connectivity index (χ0) is 16.2. The van der Waals surface area contributed by atoms with Crippen LogP contribution >= 0.6 is 0 Å². The van der Waals surface area contributed by atoms with Crippen molar-refractivity contribution in [1.29, 1.82) is 0 Å². The number of nitrogens with zero attached hydrogens (tertiary/aromatic N) is 3. The second-order valence-electron chi connectivity index (χ2n) is 7.45. The van der Waals surface area contributed by atoms with Crippen molar-refractivity contribution in [2.24, 2.45) is 5.41 Å². The molecule has 0 radical (unpaired) electrons. The number of piperidine rings is 1. The number of amides is 2. The summed E-state index contributed by atoms with van der Waals surface area (Å²) >= 11 is 0. The van der Waals surface area contributed by atoms with Crippen molar-refractivity contribution in [2.45, 2.75) is 57.7 Å². The second kappa shape index (κ2) is 5.05. The fourth-order valence-corrected chi connectivity index (χ4v) is 5.29. The van der Waals surface area contributed by atoms with E-state index in [0.29, 0.717) is 12.1 Å². The highest BCUT2D eigenvalue weighted by atomic mass is 16.2. The lowest BCUT2D eigenvalue weighted by Gasteiger charge is -2.49. The number of hydrogen-bond donors (Lipinski definition) is 0. The molecule has 23 heavy (non-hydrogen) atoms. The Balaban J connectivity index is 1.73. The van der Waals surface area contributed by atoms with E-state index in [-0.39, 0.29) is 35.4 Å². The molecule has 4 atom stereocenters. The molecule has 122 valence electrons. The van der Waals surface area contributed by atoms with Gasteiger partial charge in [0.05, 0.1) is 11.6 Å². The first-order chi connectivity index (χ1) is 11.0. The van der Waals surface area contributed by atoms with Crippen LogP contribution in [0.4, 0.5) is 0 Å². The van der Waals surface area contributed by atoms with Gasteiger partial charge in [0.2, 0.25) is 5.91 Å². The maximum Gasteiger partial charge on any atom is 0.256 e. The van der Waals surface area contributed by atoms with Crippen molar-refractivity contribution < 1.29 is 9.59 Å². The van der Waals surface area contributed by atoms with Gasteiger partial charge in [-0.15, -0.1) is 0 Å². The number of hydrogen-bond acceptors (Lipinski definition) is 3. The second-order valence-corrected chi connectivity index (χ2v) is 7.45. The van der Waals surface area contributed by atoms with E-state index in [1.165, 1.54) is 0 Å². The molecule has 3 heterocycles. The number of carbonyl (C=O) groups excluding carboxylic acids is 2. The summed E-state index contributed by atoms with van der Waals surface area (Å²) in [6.45, 7) is 4.61. The van der Waals surface area contributed by atoms with Crippen LogP contribution in [0.2, 0.25) is 0 Å². The molecule has 0 spiro atoms. The van der Waals surface area contributed by atoms with Crippen LogP contribution in [0.1, 0.15) is 49.9 Å². The van der Waals surface area contributed by atoms with Crippen LogP contribution in [0.25, 0.3) is 0 Å². The van der Waals surface area contributed by atoms with Crippen molar-refractivity contribution in [3.8, 4) is 0 Å². The Morgan fingerprint density at radius 1 is 1.30 bits per heavy atom. The van der Waals surface area contributed by atoms with Crippen molar-refractivity contribution >= 4 is 11.8 Å². The maximum absolute atomic E-state index is 13.1. The molecular formula is C18H23N3O2. The number of rotatable bonds is 1. The molecular weight excluding hydrogens is 290 g/mol. The van der Waals surface area contributed by atoms with Crippen LogP contribution in [0.3, 0.4) is 0 Å². The highest BCUT2D eigenvalue weighted by Gasteiger charge is 2.61. The van der Waals surface area contributed by atoms with E-state index in [1.807, 2.05) is 17.0 Å².